The second kappa shape index (κ2) is 8.39. The van der Waals surface area contributed by atoms with Gasteiger partial charge >= 0.3 is 0 Å². The molecule has 3 rings (SSSR count). The van der Waals surface area contributed by atoms with Gasteiger partial charge in [-0.15, -0.1) is 11.8 Å². The number of aliphatic hydroxyl groups is 1. The summed E-state index contributed by atoms with van der Waals surface area (Å²) in [6.07, 6.45) is 4.34. The largest absolute Gasteiger partial charge is 0.395 e. The molecule has 3 aliphatic heterocycles. The van der Waals surface area contributed by atoms with Crippen LogP contribution in [0.15, 0.2) is 0 Å². The smallest absolute Gasteiger partial charge is 0.244 e. The van der Waals surface area contributed by atoms with Crippen LogP contribution in [0.2, 0.25) is 0 Å². The molecule has 0 saturated carbocycles. The maximum atomic E-state index is 13.2. The molecule has 152 valence electrons. The minimum absolute atomic E-state index is 0.0646. The van der Waals surface area contributed by atoms with E-state index in [-0.39, 0.29) is 42.0 Å². The molecule has 0 aromatic carbocycles. The van der Waals surface area contributed by atoms with Crippen molar-refractivity contribution in [1.82, 2.24) is 15.5 Å². The molecule has 2 bridgehead atoms. The first kappa shape index (κ1) is 20.5. The minimum Gasteiger partial charge on any atom is -0.395 e. The quantitative estimate of drug-likeness (QED) is 0.493. The third kappa shape index (κ3) is 3.35. The maximum Gasteiger partial charge on any atom is 0.244 e. The minimum atomic E-state index is -0.599. The van der Waals surface area contributed by atoms with Crippen LogP contribution in [-0.4, -0.2) is 70.0 Å². The molecule has 0 aromatic rings. The molecule has 3 amide bonds. The molecule has 3 aliphatic rings. The number of rotatable bonds is 9. The highest BCUT2D eigenvalue weighted by atomic mass is 32.2. The molecule has 0 radical (unpaired) electrons. The standard InChI is InChI=1S/C19H31N3O4S/c1-3-5-9-21-17(25)15-19-7-6-12(27-19)13(16(24)20-8-4-2)14(19)18(26)22(15)10-11-23/h12-15,23H,3-11H2,1-2H3,(H,20,24)(H,21,25)/t12-,13+,14+,15?,19?/m1/s1. The van der Waals surface area contributed by atoms with Crippen molar-refractivity contribution in [3.05, 3.63) is 0 Å². The molecular formula is C19H31N3O4S. The van der Waals surface area contributed by atoms with Crippen LogP contribution in [0.1, 0.15) is 46.0 Å². The summed E-state index contributed by atoms with van der Waals surface area (Å²) >= 11 is 1.66. The van der Waals surface area contributed by atoms with Crippen molar-refractivity contribution in [3.8, 4) is 0 Å². The second-order valence-corrected chi connectivity index (χ2v) is 9.35. The van der Waals surface area contributed by atoms with Gasteiger partial charge in [0.05, 0.1) is 23.2 Å². The van der Waals surface area contributed by atoms with Crippen LogP contribution in [0.4, 0.5) is 0 Å². The zero-order valence-corrected chi connectivity index (χ0v) is 17.0. The van der Waals surface area contributed by atoms with E-state index in [2.05, 4.69) is 17.6 Å². The van der Waals surface area contributed by atoms with Crippen LogP contribution in [0.25, 0.3) is 0 Å². The Morgan fingerprint density at radius 2 is 1.96 bits per heavy atom. The number of β-amino-alcohol motifs (C(OH)–C–C–N with tert-alkyl or cyclic N) is 1. The van der Waals surface area contributed by atoms with Gasteiger partial charge in [0.2, 0.25) is 17.7 Å². The van der Waals surface area contributed by atoms with Crippen LogP contribution < -0.4 is 10.6 Å². The molecule has 7 nitrogen and oxygen atoms in total. The van der Waals surface area contributed by atoms with Crippen molar-refractivity contribution in [2.24, 2.45) is 11.8 Å². The molecule has 0 aliphatic carbocycles. The van der Waals surface area contributed by atoms with Gasteiger partial charge in [0.15, 0.2) is 0 Å². The molecule has 27 heavy (non-hydrogen) atoms. The molecule has 3 heterocycles. The van der Waals surface area contributed by atoms with Crippen LogP contribution in [0, 0.1) is 11.8 Å². The predicted molar refractivity (Wildman–Crippen MR) is 104 cm³/mol. The first-order valence-electron chi connectivity index (χ1n) is 10.2. The summed E-state index contributed by atoms with van der Waals surface area (Å²) in [7, 11) is 0. The molecule has 3 saturated heterocycles. The first-order chi connectivity index (χ1) is 13.0. The summed E-state index contributed by atoms with van der Waals surface area (Å²) in [6, 6.07) is -0.599. The van der Waals surface area contributed by atoms with E-state index in [4.69, 9.17) is 0 Å². The number of nitrogens with zero attached hydrogens (tertiary/aromatic N) is 1. The van der Waals surface area contributed by atoms with E-state index in [1.54, 1.807) is 11.8 Å². The summed E-state index contributed by atoms with van der Waals surface area (Å²) in [4.78, 5) is 40.6. The van der Waals surface area contributed by atoms with Crippen molar-refractivity contribution < 1.29 is 19.5 Å². The third-order valence-corrected chi connectivity index (χ3v) is 8.02. The van der Waals surface area contributed by atoms with Gasteiger partial charge in [-0.2, -0.15) is 0 Å². The number of thioether (sulfide) groups is 1. The summed E-state index contributed by atoms with van der Waals surface area (Å²) in [6.45, 7) is 5.19. The van der Waals surface area contributed by atoms with Gasteiger partial charge in [0.1, 0.15) is 6.04 Å². The number of fused-ring (bicyclic) bond motifs is 1. The molecule has 3 N–H and O–H groups in total. The van der Waals surface area contributed by atoms with Crippen molar-refractivity contribution in [2.75, 3.05) is 26.2 Å². The average molecular weight is 398 g/mol. The van der Waals surface area contributed by atoms with E-state index in [1.807, 2.05) is 6.92 Å². The van der Waals surface area contributed by atoms with Crippen molar-refractivity contribution in [1.29, 1.82) is 0 Å². The van der Waals surface area contributed by atoms with Gasteiger partial charge in [-0.3, -0.25) is 14.4 Å². The number of amides is 3. The van der Waals surface area contributed by atoms with E-state index in [0.29, 0.717) is 13.1 Å². The highest BCUT2D eigenvalue weighted by molar-refractivity contribution is 8.02. The first-order valence-corrected chi connectivity index (χ1v) is 11.0. The van der Waals surface area contributed by atoms with Crippen molar-refractivity contribution in [2.45, 2.75) is 62.0 Å². The number of hydrogen-bond acceptors (Lipinski definition) is 5. The highest BCUT2D eigenvalue weighted by Crippen LogP contribution is 2.66. The lowest BCUT2D eigenvalue weighted by Crippen LogP contribution is -2.54. The molecule has 1 spiro atoms. The Morgan fingerprint density at radius 1 is 1.22 bits per heavy atom. The lowest BCUT2D eigenvalue weighted by atomic mass is 9.70. The molecule has 0 aromatic heterocycles. The molecular weight excluding hydrogens is 366 g/mol. The fourth-order valence-electron chi connectivity index (χ4n) is 4.95. The number of hydrogen-bond donors (Lipinski definition) is 3. The number of carbonyl (C=O) groups excluding carboxylic acids is 3. The zero-order valence-electron chi connectivity index (χ0n) is 16.2. The Hall–Kier alpha value is -1.28. The number of nitrogens with one attached hydrogen (secondary N) is 2. The highest BCUT2D eigenvalue weighted by Gasteiger charge is 2.73. The average Bonchev–Trinajstić information content (AvgIpc) is 3.28. The van der Waals surface area contributed by atoms with E-state index in [9.17, 15) is 19.5 Å². The zero-order chi connectivity index (χ0) is 19.6. The molecule has 8 heteroatoms. The Kier molecular flexibility index (Phi) is 6.35. The van der Waals surface area contributed by atoms with Crippen molar-refractivity contribution >= 4 is 29.5 Å². The molecule has 3 fully saturated rings. The predicted octanol–water partition coefficient (Wildman–Crippen LogP) is 0.512. The number of unbranched alkanes of at least 4 members (excludes halogenated alkanes) is 1. The SMILES string of the molecule is CCCCNC(=O)C1N(CCO)C(=O)[C@@H]2[C@@H](C(=O)NCCC)[C@H]3CCC12S3. The Morgan fingerprint density at radius 3 is 2.63 bits per heavy atom. The van der Waals surface area contributed by atoms with Crippen molar-refractivity contribution in [3.63, 3.8) is 0 Å². The summed E-state index contributed by atoms with van der Waals surface area (Å²) in [5.41, 5.74) is 0. The molecule has 2 unspecified atom stereocenters. The maximum absolute atomic E-state index is 13.2. The summed E-state index contributed by atoms with van der Waals surface area (Å²) in [5.74, 6) is -1.20. The topological polar surface area (TPSA) is 98.7 Å². The fraction of sp³-hybridized carbons (Fsp3) is 0.842. The van der Waals surface area contributed by atoms with Gasteiger partial charge < -0.3 is 20.6 Å². The lowest BCUT2D eigenvalue weighted by molar-refractivity contribution is -0.140. The summed E-state index contributed by atoms with van der Waals surface area (Å²) in [5, 5.41) is 15.5. The molecule has 5 atom stereocenters. The van der Waals surface area contributed by atoms with Crippen LogP contribution in [-0.2, 0) is 14.4 Å². The van der Waals surface area contributed by atoms with Gasteiger partial charge in [-0.1, -0.05) is 20.3 Å². The second-order valence-electron chi connectivity index (χ2n) is 7.75. The van der Waals surface area contributed by atoms with E-state index < -0.39 is 16.7 Å². The van der Waals surface area contributed by atoms with Gasteiger partial charge in [0, 0.05) is 24.9 Å². The fourth-order valence-corrected chi connectivity index (χ4v) is 7.17. The monoisotopic (exact) mass is 397 g/mol. The Labute approximate surface area is 165 Å². The number of likely N-dealkylation sites (tertiary alicyclic amines) is 1. The third-order valence-electron chi connectivity index (χ3n) is 6.07. The van der Waals surface area contributed by atoms with Gasteiger partial charge in [-0.25, -0.2) is 0 Å². The van der Waals surface area contributed by atoms with E-state index in [1.165, 1.54) is 4.90 Å². The van der Waals surface area contributed by atoms with Gasteiger partial charge in [-0.05, 0) is 25.7 Å². The van der Waals surface area contributed by atoms with Gasteiger partial charge in [0.25, 0.3) is 0 Å². The normalized spacial score (nSPS) is 34.0. The van der Waals surface area contributed by atoms with Crippen LogP contribution in [0.3, 0.4) is 0 Å². The summed E-state index contributed by atoms with van der Waals surface area (Å²) < 4.78 is -0.540. The number of carbonyl (C=O) groups is 3. The number of aliphatic hydroxyl groups excluding tert-OH is 1. The van der Waals surface area contributed by atoms with Crippen LogP contribution >= 0.6 is 11.8 Å². The Balaban J connectivity index is 1.87. The van der Waals surface area contributed by atoms with E-state index in [0.717, 1.165) is 32.1 Å². The Bertz CT molecular complexity index is 602. The van der Waals surface area contributed by atoms with Crippen LogP contribution in [0.5, 0.6) is 0 Å². The van der Waals surface area contributed by atoms with E-state index >= 15 is 0 Å². The lowest BCUT2D eigenvalue weighted by Gasteiger charge is -2.34.